The van der Waals surface area contributed by atoms with Crippen LogP contribution >= 0.6 is 0 Å². The lowest BCUT2D eigenvalue weighted by Gasteiger charge is -2.25. The predicted molar refractivity (Wildman–Crippen MR) is 86.7 cm³/mol. The van der Waals surface area contributed by atoms with Crippen LogP contribution in [0.5, 0.6) is 17.2 Å². The number of benzene rings is 2. The number of hydrogen-bond acceptors (Lipinski definition) is 3. The minimum Gasteiger partial charge on any atom is -0.488 e. The van der Waals surface area contributed by atoms with E-state index in [2.05, 4.69) is 18.0 Å². The van der Waals surface area contributed by atoms with Gasteiger partial charge in [-0.05, 0) is 56.8 Å². The van der Waals surface area contributed by atoms with E-state index in [1.54, 1.807) is 0 Å². The van der Waals surface area contributed by atoms with Gasteiger partial charge in [-0.1, -0.05) is 18.2 Å². The second-order valence-corrected chi connectivity index (χ2v) is 6.24. The minimum atomic E-state index is 0.287. The number of fused-ring (bicyclic) bond motifs is 1. The zero-order valence-corrected chi connectivity index (χ0v) is 12.9. The molecule has 1 fully saturated rings. The van der Waals surface area contributed by atoms with Crippen LogP contribution in [0.1, 0.15) is 18.4 Å². The van der Waals surface area contributed by atoms with Crippen molar-refractivity contribution in [2.45, 2.75) is 31.4 Å². The second kappa shape index (κ2) is 5.65. The summed E-state index contributed by atoms with van der Waals surface area (Å²) in [6.45, 7) is 1.18. The van der Waals surface area contributed by atoms with Crippen LogP contribution in [0, 0.1) is 0 Å². The van der Waals surface area contributed by atoms with Gasteiger partial charge in [0.05, 0.1) is 0 Å². The third kappa shape index (κ3) is 2.57. The van der Waals surface area contributed by atoms with Gasteiger partial charge in [-0.15, -0.1) is 0 Å². The van der Waals surface area contributed by atoms with Gasteiger partial charge in [-0.25, -0.2) is 0 Å². The van der Waals surface area contributed by atoms with Gasteiger partial charge in [-0.2, -0.15) is 0 Å². The smallest absolute Gasteiger partial charge is 0.127 e. The minimum absolute atomic E-state index is 0.287. The second-order valence-electron chi connectivity index (χ2n) is 6.24. The number of ether oxygens (including phenoxy) is 2. The first-order valence-electron chi connectivity index (χ1n) is 8.02. The van der Waals surface area contributed by atoms with Crippen LogP contribution in [0.3, 0.4) is 0 Å². The van der Waals surface area contributed by atoms with Crippen molar-refractivity contribution in [3.63, 3.8) is 0 Å². The van der Waals surface area contributed by atoms with Crippen molar-refractivity contribution in [3.8, 4) is 17.2 Å². The Balaban J connectivity index is 1.50. The monoisotopic (exact) mass is 295 g/mol. The Bertz CT molecular complexity index is 656. The molecule has 114 valence electrons. The molecule has 3 heteroatoms. The predicted octanol–water partition coefficient (Wildman–Crippen LogP) is 3.88. The molecule has 0 N–H and O–H groups in total. The van der Waals surface area contributed by atoms with E-state index < -0.39 is 0 Å². The van der Waals surface area contributed by atoms with Crippen LogP contribution in [0.4, 0.5) is 0 Å². The average molecular weight is 295 g/mol. The standard InChI is InChI=1S/C19H21NO2/c1-20-11-5-8-17(20)19-13-14-12-16(9-10-18(14)22-19)21-15-6-3-2-4-7-15/h2-4,6-7,9-10,12,17,19H,5,8,11,13H2,1H3. The van der Waals surface area contributed by atoms with Gasteiger partial charge in [-0.3, -0.25) is 4.90 Å². The lowest BCUT2D eigenvalue weighted by atomic mass is 10.0. The van der Waals surface area contributed by atoms with Crippen molar-refractivity contribution < 1.29 is 9.47 Å². The maximum Gasteiger partial charge on any atom is 0.127 e. The van der Waals surface area contributed by atoms with Gasteiger partial charge in [0.2, 0.25) is 0 Å². The van der Waals surface area contributed by atoms with E-state index in [4.69, 9.17) is 9.47 Å². The van der Waals surface area contributed by atoms with Gasteiger partial charge >= 0.3 is 0 Å². The number of likely N-dealkylation sites (N-methyl/N-ethyl adjacent to an activating group) is 1. The van der Waals surface area contributed by atoms with Crippen LogP contribution in [-0.2, 0) is 6.42 Å². The fourth-order valence-corrected chi connectivity index (χ4v) is 3.56. The normalized spacial score (nSPS) is 24.0. The summed E-state index contributed by atoms with van der Waals surface area (Å²) in [5.41, 5.74) is 1.26. The highest BCUT2D eigenvalue weighted by atomic mass is 16.5. The molecule has 0 radical (unpaired) electrons. The lowest BCUT2D eigenvalue weighted by Crippen LogP contribution is -2.39. The van der Waals surface area contributed by atoms with Crippen molar-refractivity contribution in [2.75, 3.05) is 13.6 Å². The summed E-state index contributed by atoms with van der Waals surface area (Å²) in [5.74, 6) is 2.77. The molecule has 2 aliphatic rings. The molecule has 1 saturated heterocycles. The fourth-order valence-electron chi connectivity index (χ4n) is 3.56. The Labute approximate surface area is 131 Å². The molecule has 0 aliphatic carbocycles. The number of rotatable bonds is 3. The Morgan fingerprint density at radius 2 is 1.95 bits per heavy atom. The average Bonchev–Trinajstić information content (AvgIpc) is 3.13. The van der Waals surface area contributed by atoms with Crippen LogP contribution in [0.15, 0.2) is 48.5 Å². The molecule has 2 atom stereocenters. The Morgan fingerprint density at radius 3 is 2.73 bits per heavy atom. The molecule has 0 spiro atoms. The van der Waals surface area contributed by atoms with Crippen molar-refractivity contribution >= 4 is 0 Å². The van der Waals surface area contributed by atoms with E-state index in [0.717, 1.165) is 23.7 Å². The summed E-state index contributed by atoms with van der Waals surface area (Å²) in [6, 6.07) is 16.6. The lowest BCUT2D eigenvalue weighted by molar-refractivity contribution is 0.126. The van der Waals surface area contributed by atoms with Crippen molar-refractivity contribution in [3.05, 3.63) is 54.1 Å². The van der Waals surface area contributed by atoms with Crippen LogP contribution in [0.25, 0.3) is 0 Å². The maximum atomic E-state index is 6.17. The largest absolute Gasteiger partial charge is 0.488 e. The summed E-state index contributed by atoms with van der Waals surface area (Å²) in [4.78, 5) is 2.43. The number of hydrogen-bond donors (Lipinski definition) is 0. The molecule has 0 bridgehead atoms. The highest BCUT2D eigenvalue weighted by Crippen LogP contribution is 2.36. The summed E-state index contributed by atoms with van der Waals surface area (Å²) in [7, 11) is 2.20. The first-order chi connectivity index (χ1) is 10.8. The van der Waals surface area contributed by atoms with Gasteiger partial charge in [0.15, 0.2) is 0 Å². The molecule has 4 rings (SSSR count). The van der Waals surface area contributed by atoms with E-state index in [-0.39, 0.29) is 6.10 Å². The van der Waals surface area contributed by atoms with Gasteiger partial charge in [0, 0.05) is 18.0 Å². The number of para-hydroxylation sites is 1. The Kier molecular flexibility index (Phi) is 3.51. The molecule has 3 nitrogen and oxygen atoms in total. The number of likely N-dealkylation sites (tertiary alicyclic amines) is 1. The summed E-state index contributed by atoms with van der Waals surface area (Å²) < 4.78 is 12.1. The molecule has 2 heterocycles. The molecule has 0 saturated carbocycles. The van der Waals surface area contributed by atoms with Gasteiger partial charge in [0.1, 0.15) is 23.4 Å². The molecule has 2 aromatic rings. The molecular weight excluding hydrogens is 274 g/mol. The van der Waals surface area contributed by atoms with Crippen molar-refractivity contribution in [2.24, 2.45) is 0 Å². The van der Waals surface area contributed by atoms with Crippen molar-refractivity contribution in [1.29, 1.82) is 0 Å². The first kappa shape index (κ1) is 13.6. The molecule has 2 aromatic carbocycles. The Hall–Kier alpha value is -2.00. The summed E-state index contributed by atoms with van der Waals surface area (Å²) >= 11 is 0. The summed E-state index contributed by atoms with van der Waals surface area (Å²) in [6.07, 6.45) is 3.79. The quantitative estimate of drug-likeness (QED) is 0.858. The fraction of sp³-hybridized carbons (Fsp3) is 0.368. The van der Waals surface area contributed by atoms with E-state index in [1.807, 2.05) is 42.5 Å². The maximum absolute atomic E-state index is 6.17. The molecule has 0 aromatic heterocycles. The van der Waals surface area contributed by atoms with Crippen LogP contribution < -0.4 is 9.47 Å². The summed E-state index contributed by atoms with van der Waals surface area (Å²) in [5, 5.41) is 0. The molecule has 0 amide bonds. The highest BCUT2D eigenvalue weighted by Gasteiger charge is 2.35. The third-order valence-corrected chi connectivity index (χ3v) is 4.72. The van der Waals surface area contributed by atoms with Crippen LogP contribution in [0.2, 0.25) is 0 Å². The SMILES string of the molecule is CN1CCCC1C1Cc2cc(Oc3ccccc3)ccc2O1. The van der Waals surface area contributed by atoms with Crippen molar-refractivity contribution in [1.82, 2.24) is 4.90 Å². The van der Waals surface area contributed by atoms with Crippen LogP contribution in [-0.4, -0.2) is 30.6 Å². The molecule has 2 unspecified atom stereocenters. The van der Waals surface area contributed by atoms with E-state index in [1.165, 1.54) is 24.9 Å². The molecule has 22 heavy (non-hydrogen) atoms. The Morgan fingerprint density at radius 1 is 1.09 bits per heavy atom. The van der Waals surface area contributed by atoms with Gasteiger partial charge in [0.25, 0.3) is 0 Å². The highest BCUT2D eigenvalue weighted by molar-refractivity contribution is 5.45. The number of nitrogens with zero attached hydrogens (tertiary/aromatic N) is 1. The van der Waals surface area contributed by atoms with E-state index in [0.29, 0.717) is 6.04 Å². The zero-order valence-electron chi connectivity index (χ0n) is 12.9. The third-order valence-electron chi connectivity index (χ3n) is 4.72. The topological polar surface area (TPSA) is 21.7 Å². The first-order valence-corrected chi connectivity index (χ1v) is 8.02. The van der Waals surface area contributed by atoms with Gasteiger partial charge < -0.3 is 9.47 Å². The zero-order chi connectivity index (χ0) is 14.9. The van der Waals surface area contributed by atoms with E-state index in [9.17, 15) is 0 Å². The van der Waals surface area contributed by atoms with E-state index >= 15 is 0 Å². The molecular formula is C19H21NO2. The molecule has 2 aliphatic heterocycles.